The van der Waals surface area contributed by atoms with E-state index in [9.17, 15) is 4.79 Å². The highest BCUT2D eigenvalue weighted by Crippen LogP contribution is 2.38. The lowest BCUT2D eigenvalue weighted by atomic mass is 9.95. The maximum absolute atomic E-state index is 13.1. The number of benzene rings is 3. The number of nitrogens with zero attached hydrogens (tertiary/aromatic N) is 2. The van der Waals surface area contributed by atoms with Gasteiger partial charge in [0.25, 0.3) is 0 Å². The van der Waals surface area contributed by atoms with E-state index in [-0.39, 0.29) is 12.0 Å². The lowest BCUT2D eigenvalue weighted by molar-refractivity contribution is -0.136. The molecule has 0 saturated heterocycles. The molecular weight excluding hydrogens is 506 g/mol. The van der Waals surface area contributed by atoms with Gasteiger partial charge in [-0.15, -0.1) is 0 Å². The summed E-state index contributed by atoms with van der Waals surface area (Å²) in [4.78, 5) is 20.1. The van der Waals surface area contributed by atoms with Gasteiger partial charge in [0.05, 0.1) is 53.1 Å². The Hall–Kier alpha value is -4.46. The fourth-order valence-electron chi connectivity index (χ4n) is 4.92. The number of nitrogens with one attached hydrogen (secondary N) is 1. The van der Waals surface area contributed by atoms with Crippen LogP contribution in [0.1, 0.15) is 30.0 Å². The van der Waals surface area contributed by atoms with Crippen LogP contribution in [0.3, 0.4) is 0 Å². The third-order valence-corrected chi connectivity index (χ3v) is 6.99. The van der Waals surface area contributed by atoms with Gasteiger partial charge >= 0.3 is 5.97 Å². The molecule has 3 aromatic carbocycles. The zero-order valence-electron chi connectivity index (χ0n) is 23.8. The van der Waals surface area contributed by atoms with Gasteiger partial charge in [-0.05, 0) is 48.6 Å². The summed E-state index contributed by atoms with van der Waals surface area (Å²) in [6.45, 7) is 2.86. The minimum atomic E-state index is -0.343. The summed E-state index contributed by atoms with van der Waals surface area (Å²) in [5, 5.41) is 3.57. The first-order chi connectivity index (χ1) is 19.5. The van der Waals surface area contributed by atoms with Gasteiger partial charge in [-0.2, -0.15) is 0 Å². The molecule has 1 aliphatic heterocycles. The molecule has 0 aliphatic carbocycles. The number of aryl methyl sites for hydroxylation is 1. The molecule has 1 heterocycles. The molecule has 4 rings (SSSR count). The number of hydrogen-bond donors (Lipinski definition) is 1. The van der Waals surface area contributed by atoms with Crippen molar-refractivity contribution in [2.75, 3.05) is 28.4 Å². The number of guanidine groups is 1. The number of allylic oxidation sites excluding steroid dienone is 1. The summed E-state index contributed by atoms with van der Waals surface area (Å²) < 4.78 is 21.8. The Balaban J connectivity index is 1.72. The summed E-state index contributed by atoms with van der Waals surface area (Å²) in [5.41, 5.74) is 4.62. The van der Waals surface area contributed by atoms with E-state index in [0.29, 0.717) is 48.3 Å². The molecule has 1 atom stereocenters. The number of rotatable bonds is 11. The monoisotopic (exact) mass is 543 g/mol. The predicted molar refractivity (Wildman–Crippen MR) is 156 cm³/mol. The molecule has 0 amide bonds. The van der Waals surface area contributed by atoms with Crippen LogP contribution in [0.25, 0.3) is 0 Å². The van der Waals surface area contributed by atoms with Gasteiger partial charge in [-0.1, -0.05) is 60.7 Å². The maximum Gasteiger partial charge on any atom is 0.337 e. The first kappa shape index (κ1) is 28.5. The third-order valence-electron chi connectivity index (χ3n) is 6.99. The van der Waals surface area contributed by atoms with E-state index in [2.05, 4.69) is 29.6 Å². The van der Waals surface area contributed by atoms with Crippen LogP contribution in [-0.2, 0) is 29.0 Å². The lowest BCUT2D eigenvalue weighted by Gasteiger charge is -2.38. The van der Waals surface area contributed by atoms with Crippen molar-refractivity contribution in [3.63, 3.8) is 0 Å². The Bertz CT molecular complexity index is 1330. The van der Waals surface area contributed by atoms with E-state index >= 15 is 0 Å². The number of carbonyl (C=O) groups excluding carboxylic acids is 1. The Kier molecular flexibility index (Phi) is 9.67. The van der Waals surface area contributed by atoms with Crippen molar-refractivity contribution in [2.24, 2.45) is 4.99 Å². The molecular formula is C32H37N3O5. The topological polar surface area (TPSA) is 81.6 Å². The highest BCUT2D eigenvalue weighted by Gasteiger charge is 2.34. The first-order valence-electron chi connectivity index (χ1n) is 13.2. The zero-order chi connectivity index (χ0) is 28.5. The fraction of sp³-hybridized carbons (Fsp3) is 0.312. The maximum atomic E-state index is 13.1. The van der Waals surface area contributed by atoms with Crippen molar-refractivity contribution in [2.45, 2.75) is 38.9 Å². The summed E-state index contributed by atoms with van der Waals surface area (Å²) in [6.07, 6.45) is 1.50. The number of hydrogen-bond acceptors (Lipinski definition) is 6. The van der Waals surface area contributed by atoms with Gasteiger partial charge in [0.15, 0.2) is 17.5 Å². The third kappa shape index (κ3) is 6.57. The van der Waals surface area contributed by atoms with E-state index in [1.165, 1.54) is 12.7 Å². The molecule has 8 heteroatoms. The molecule has 0 bridgehead atoms. The molecule has 210 valence electrons. The van der Waals surface area contributed by atoms with Gasteiger partial charge in [-0.3, -0.25) is 0 Å². The molecule has 1 N–H and O–H groups in total. The number of carbonyl (C=O) groups is 1. The molecule has 0 radical (unpaired) electrons. The second-order valence-corrected chi connectivity index (χ2v) is 9.46. The van der Waals surface area contributed by atoms with E-state index in [1.807, 2.05) is 60.4 Å². The van der Waals surface area contributed by atoms with Crippen LogP contribution >= 0.6 is 0 Å². The van der Waals surface area contributed by atoms with Crippen molar-refractivity contribution in [3.8, 4) is 17.2 Å². The number of esters is 1. The largest absolute Gasteiger partial charge is 0.493 e. The van der Waals surface area contributed by atoms with Crippen LogP contribution in [0.5, 0.6) is 17.2 Å². The van der Waals surface area contributed by atoms with Gasteiger partial charge in [0.1, 0.15) is 0 Å². The standard InChI is InChI=1S/C32H37N3O5/c1-22-29(31(36)40-5)26(17-16-23-12-8-6-9-13-23)34-32(35(22)21-24-14-10-7-11-15-24)33-20-25-18-27(37-2)30(39-4)28(19-25)38-3/h6-15,18-19,26H,16-17,20-21H2,1-5H3,(H,33,34)/t26-/m0/s1. The minimum Gasteiger partial charge on any atom is -0.493 e. The zero-order valence-corrected chi connectivity index (χ0v) is 23.8. The number of aliphatic imine (C=N–C) groups is 1. The quantitative estimate of drug-likeness (QED) is 0.336. The molecule has 0 saturated carbocycles. The summed E-state index contributed by atoms with van der Waals surface area (Å²) in [5.74, 6) is 2.01. The van der Waals surface area contributed by atoms with Crippen molar-refractivity contribution in [1.82, 2.24) is 10.2 Å². The van der Waals surface area contributed by atoms with Gasteiger partial charge in [0, 0.05) is 5.70 Å². The van der Waals surface area contributed by atoms with E-state index in [0.717, 1.165) is 23.2 Å². The van der Waals surface area contributed by atoms with Crippen molar-refractivity contribution in [3.05, 3.63) is 101 Å². The number of ether oxygens (including phenoxy) is 4. The van der Waals surface area contributed by atoms with Gasteiger partial charge in [0.2, 0.25) is 5.75 Å². The Labute approximate surface area is 236 Å². The Morgan fingerprint density at radius 1 is 0.850 bits per heavy atom. The minimum absolute atomic E-state index is 0.265. The van der Waals surface area contributed by atoms with Gasteiger partial charge < -0.3 is 29.2 Å². The molecule has 3 aromatic rings. The Morgan fingerprint density at radius 3 is 2.00 bits per heavy atom. The summed E-state index contributed by atoms with van der Waals surface area (Å²) >= 11 is 0. The normalized spacial score (nSPS) is 16.0. The molecule has 1 aliphatic rings. The molecule has 40 heavy (non-hydrogen) atoms. The van der Waals surface area contributed by atoms with E-state index in [1.54, 1.807) is 21.3 Å². The van der Waals surface area contributed by atoms with Gasteiger partial charge in [-0.25, -0.2) is 9.79 Å². The summed E-state index contributed by atoms with van der Waals surface area (Å²) in [7, 11) is 6.19. The van der Waals surface area contributed by atoms with E-state index < -0.39 is 0 Å². The average Bonchev–Trinajstić information content (AvgIpc) is 3.00. The van der Waals surface area contributed by atoms with Crippen LogP contribution in [0, 0.1) is 0 Å². The molecule has 0 unspecified atom stereocenters. The van der Waals surface area contributed by atoms with Crippen molar-refractivity contribution < 1.29 is 23.7 Å². The second kappa shape index (κ2) is 13.6. The highest BCUT2D eigenvalue weighted by atomic mass is 16.5. The number of methoxy groups -OCH3 is 4. The summed E-state index contributed by atoms with van der Waals surface area (Å²) in [6, 6.07) is 23.9. The van der Waals surface area contributed by atoms with Crippen molar-refractivity contribution >= 4 is 11.9 Å². The van der Waals surface area contributed by atoms with Crippen LogP contribution < -0.4 is 19.5 Å². The van der Waals surface area contributed by atoms with Crippen LogP contribution in [0.2, 0.25) is 0 Å². The Morgan fingerprint density at radius 2 is 1.45 bits per heavy atom. The first-order valence-corrected chi connectivity index (χ1v) is 13.2. The van der Waals surface area contributed by atoms with Crippen LogP contribution in [0.15, 0.2) is 89.1 Å². The van der Waals surface area contributed by atoms with Crippen molar-refractivity contribution in [1.29, 1.82) is 0 Å². The lowest BCUT2D eigenvalue weighted by Crippen LogP contribution is -2.52. The average molecular weight is 544 g/mol. The van der Waals surface area contributed by atoms with Crippen LogP contribution in [-0.4, -0.2) is 51.3 Å². The highest BCUT2D eigenvalue weighted by molar-refractivity contribution is 5.95. The van der Waals surface area contributed by atoms with Crippen LogP contribution in [0.4, 0.5) is 0 Å². The van der Waals surface area contributed by atoms with E-state index in [4.69, 9.17) is 23.9 Å². The SMILES string of the molecule is COC(=O)C1=C(C)N(Cc2ccccc2)C(=NCc2cc(OC)c(OC)c(OC)c2)N[C@H]1CCc1ccccc1. The fourth-order valence-corrected chi connectivity index (χ4v) is 4.92. The molecule has 0 spiro atoms. The molecule has 0 fully saturated rings. The predicted octanol–water partition coefficient (Wildman–Crippen LogP) is 5.12. The molecule has 0 aromatic heterocycles. The smallest absolute Gasteiger partial charge is 0.337 e. The second-order valence-electron chi connectivity index (χ2n) is 9.46. The molecule has 8 nitrogen and oxygen atoms in total.